The lowest BCUT2D eigenvalue weighted by atomic mass is 10.1. The summed E-state index contributed by atoms with van der Waals surface area (Å²) in [5.41, 5.74) is 0.760. The molecule has 0 amide bonds. The third kappa shape index (κ3) is 1.64. The van der Waals surface area contributed by atoms with Crippen LogP contribution in [-0.4, -0.2) is 4.98 Å². The van der Waals surface area contributed by atoms with Crippen LogP contribution in [0.3, 0.4) is 0 Å². The van der Waals surface area contributed by atoms with Gasteiger partial charge in [0.05, 0.1) is 0 Å². The molecule has 0 atom stereocenters. The van der Waals surface area contributed by atoms with Crippen LogP contribution in [0.25, 0.3) is 16.8 Å². The largest absolute Gasteiger partial charge is 0.263 e. The van der Waals surface area contributed by atoms with Gasteiger partial charge in [0, 0.05) is 30.3 Å². The molecule has 69 valence electrons. The van der Waals surface area contributed by atoms with Gasteiger partial charge in [0.15, 0.2) is 0 Å². The van der Waals surface area contributed by atoms with Crippen LogP contribution in [0, 0.1) is 6.92 Å². The Labute approximate surface area is 81.9 Å². The minimum Gasteiger partial charge on any atom is -0.263 e. The van der Waals surface area contributed by atoms with Gasteiger partial charge in [-0.25, -0.2) is 4.39 Å². The molecule has 1 aromatic heterocycles. The molecule has 1 nitrogen and oxygen atoms in total. The van der Waals surface area contributed by atoms with Crippen LogP contribution < -0.4 is 0 Å². The van der Waals surface area contributed by atoms with Crippen LogP contribution in [0.15, 0.2) is 42.5 Å². The van der Waals surface area contributed by atoms with E-state index in [2.05, 4.69) is 11.9 Å². The van der Waals surface area contributed by atoms with E-state index in [0.29, 0.717) is 0 Å². The number of hydrogen-bond donors (Lipinski definition) is 0. The summed E-state index contributed by atoms with van der Waals surface area (Å²) < 4.78 is 12.6. The summed E-state index contributed by atoms with van der Waals surface area (Å²) in [6.07, 6.45) is 4.77. The fourth-order valence-corrected chi connectivity index (χ4v) is 1.42. The van der Waals surface area contributed by atoms with Gasteiger partial charge in [-0.05, 0) is 11.5 Å². The number of hydrogen-bond acceptors (Lipinski definition) is 1. The van der Waals surface area contributed by atoms with Crippen molar-refractivity contribution in [2.24, 2.45) is 0 Å². The van der Waals surface area contributed by atoms with Crippen molar-refractivity contribution in [2.45, 2.75) is 0 Å². The molecule has 1 radical (unpaired) electrons. The number of allylic oxidation sites excluding steroid dienone is 1. The molecule has 0 fully saturated rings. The van der Waals surface area contributed by atoms with Crippen molar-refractivity contribution in [3.63, 3.8) is 0 Å². The Bertz CT molecular complexity index is 479. The average molecular weight is 186 g/mol. The number of aromatic nitrogens is 1. The van der Waals surface area contributed by atoms with E-state index in [-0.39, 0.29) is 0 Å². The van der Waals surface area contributed by atoms with E-state index in [0.717, 1.165) is 16.3 Å². The van der Waals surface area contributed by atoms with Crippen LogP contribution in [0.1, 0.15) is 5.56 Å². The van der Waals surface area contributed by atoms with Crippen molar-refractivity contribution in [2.75, 3.05) is 0 Å². The van der Waals surface area contributed by atoms with Crippen molar-refractivity contribution < 1.29 is 4.39 Å². The third-order valence-corrected chi connectivity index (χ3v) is 2.01. The molecule has 0 aliphatic heterocycles. The van der Waals surface area contributed by atoms with E-state index in [4.69, 9.17) is 0 Å². The third-order valence-electron chi connectivity index (χ3n) is 2.01. The van der Waals surface area contributed by atoms with E-state index >= 15 is 0 Å². The van der Waals surface area contributed by atoms with E-state index in [9.17, 15) is 4.39 Å². The quantitative estimate of drug-likeness (QED) is 0.665. The average Bonchev–Trinajstić information content (AvgIpc) is 2.18. The summed E-state index contributed by atoms with van der Waals surface area (Å²) in [6.45, 7) is 3.21. The summed E-state index contributed by atoms with van der Waals surface area (Å²) >= 11 is 0. The topological polar surface area (TPSA) is 12.9 Å². The molecule has 1 aromatic carbocycles. The number of pyridine rings is 1. The van der Waals surface area contributed by atoms with Crippen molar-refractivity contribution in [1.29, 1.82) is 0 Å². The van der Waals surface area contributed by atoms with Gasteiger partial charge in [0.25, 0.3) is 0 Å². The van der Waals surface area contributed by atoms with Gasteiger partial charge in [-0.15, -0.1) is 0 Å². The number of nitrogens with zero attached hydrogens (tertiary/aromatic N) is 1. The smallest absolute Gasteiger partial charge is 0.101 e. The Morgan fingerprint density at radius 1 is 1.29 bits per heavy atom. The predicted octanol–water partition coefficient (Wildman–Crippen LogP) is 3.38. The second-order valence-electron chi connectivity index (χ2n) is 3.04. The van der Waals surface area contributed by atoms with Crippen LogP contribution in [0.5, 0.6) is 0 Å². The molecule has 0 unspecified atom stereocenters. The standard InChI is InChI=1S/C12H9FN/c1-9(13)6-11-8-14-7-10-4-2-3-5-12(10)11/h2-8H,1H2/b9-6+. The van der Waals surface area contributed by atoms with Gasteiger partial charge in [-0.3, -0.25) is 4.98 Å². The van der Waals surface area contributed by atoms with Gasteiger partial charge in [0.2, 0.25) is 0 Å². The molecule has 2 heteroatoms. The van der Waals surface area contributed by atoms with Gasteiger partial charge in [-0.2, -0.15) is 0 Å². The number of benzene rings is 1. The maximum Gasteiger partial charge on any atom is 0.101 e. The second-order valence-corrected chi connectivity index (χ2v) is 3.04. The molecule has 0 aliphatic carbocycles. The van der Waals surface area contributed by atoms with Gasteiger partial charge >= 0.3 is 0 Å². The number of rotatable bonds is 1. The van der Waals surface area contributed by atoms with E-state index in [1.54, 1.807) is 12.4 Å². The van der Waals surface area contributed by atoms with Crippen molar-refractivity contribution in [3.8, 4) is 0 Å². The lowest BCUT2D eigenvalue weighted by Crippen LogP contribution is -1.81. The maximum absolute atomic E-state index is 12.6. The lowest BCUT2D eigenvalue weighted by molar-refractivity contribution is 0.673. The maximum atomic E-state index is 12.6. The Hall–Kier alpha value is -1.70. The summed E-state index contributed by atoms with van der Waals surface area (Å²) in [5.74, 6) is -0.455. The Morgan fingerprint density at radius 2 is 2.07 bits per heavy atom. The zero-order valence-corrected chi connectivity index (χ0v) is 7.57. The molecule has 14 heavy (non-hydrogen) atoms. The first-order valence-corrected chi connectivity index (χ1v) is 4.29. The molecule has 2 aromatic rings. The predicted molar refractivity (Wildman–Crippen MR) is 56.2 cm³/mol. The molecule has 0 saturated carbocycles. The zero-order valence-electron chi connectivity index (χ0n) is 7.57. The summed E-state index contributed by atoms with van der Waals surface area (Å²) in [6, 6.07) is 7.73. The first kappa shape index (κ1) is 8.88. The SMILES string of the molecule is [CH2]/C(F)=C\c1cncc2ccccc12. The highest BCUT2D eigenvalue weighted by atomic mass is 19.1. The first-order chi connectivity index (χ1) is 6.77. The van der Waals surface area contributed by atoms with E-state index in [1.165, 1.54) is 6.08 Å². The normalized spacial score (nSPS) is 12.0. The van der Waals surface area contributed by atoms with Gasteiger partial charge in [-0.1, -0.05) is 24.3 Å². The lowest BCUT2D eigenvalue weighted by Gasteiger charge is -2.00. The summed E-state index contributed by atoms with van der Waals surface area (Å²) in [5, 5.41) is 1.99. The van der Waals surface area contributed by atoms with Crippen LogP contribution in [-0.2, 0) is 0 Å². The molecule has 0 bridgehead atoms. The van der Waals surface area contributed by atoms with Crippen LogP contribution in [0.4, 0.5) is 4.39 Å². The van der Waals surface area contributed by atoms with Crippen molar-refractivity contribution >= 4 is 16.8 Å². The zero-order chi connectivity index (χ0) is 9.97. The van der Waals surface area contributed by atoms with Crippen molar-refractivity contribution in [1.82, 2.24) is 4.98 Å². The van der Waals surface area contributed by atoms with Crippen molar-refractivity contribution in [3.05, 3.63) is 55.0 Å². The molecule has 0 aliphatic rings. The van der Waals surface area contributed by atoms with E-state index < -0.39 is 5.83 Å². The van der Waals surface area contributed by atoms with Gasteiger partial charge in [0.1, 0.15) is 5.83 Å². The monoisotopic (exact) mass is 186 g/mol. The molecule has 0 saturated heterocycles. The van der Waals surface area contributed by atoms with Gasteiger partial charge < -0.3 is 0 Å². The Kier molecular flexibility index (Phi) is 2.27. The Morgan fingerprint density at radius 3 is 2.86 bits per heavy atom. The summed E-state index contributed by atoms with van der Waals surface area (Å²) in [7, 11) is 0. The minimum atomic E-state index is -0.455. The first-order valence-electron chi connectivity index (χ1n) is 4.29. The fourth-order valence-electron chi connectivity index (χ4n) is 1.42. The molecular formula is C12H9FN. The number of fused-ring (bicyclic) bond motifs is 1. The highest BCUT2D eigenvalue weighted by Crippen LogP contribution is 2.19. The van der Waals surface area contributed by atoms with E-state index in [1.807, 2.05) is 24.3 Å². The molecule has 2 rings (SSSR count). The Balaban J connectivity index is 2.71. The summed E-state index contributed by atoms with van der Waals surface area (Å²) in [4.78, 5) is 4.03. The number of halogens is 1. The fraction of sp³-hybridized carbons (Fsp3) is 0. The highest BCUT2D eigenvalue weighted by Gasteiger charge is 1.98. The minimum absolute atomic E-state index is 0.455. The second kappa shape index (κ2) is 3.58. The molecule has 0 N–H and O–H groups in total. The molecular weight excluding hydrogens is 177 g/mol. The molecule has 1 heterocycles. The van der Waals surface area contributed by atoms with Crippen LogP contribution in [0.2, 0.25) is 0 Å². The highest BCUT2D eigenvalue weighted by molar-refractivity contribution is 5.89. The molecule has 0 spiro atoms. The van der Waals surface area contributed by atoms with Crippen LogP contribution >= 0.6 is 0 Å².